The van der Waals surface area contributed by atoms with E-state index < -0.39 is 5.54 Å². The minimum atomic E-state index is -0.876. The van der Waals surface area contributed by atoms with Crippen LogP contribution in [0.15, 0.2) is 164 Å². The molecule has 0 aliphatic carbocycles. The summed E-state index contributed by atoms with van der Waals surface area (Å²) in [5.74, 6) is 1.60. The van der Waals surface area contributed by atoms with Crippen LogP contribution in [0.4, 0.5) is 0 Å². The summed E-state index contributed by atoms with van der Waals surface area (Å²) in [6.07, 6.45) is 2.24. The maximum atomic E-state index is 12.0. The second-order valence-electron chi connectivity index (χ2n) is 14.4. The molecular weight excluding hydrogens is 733 g/mol. The predicted molar refractivity (Wildman–Crippen MR) is 229 cm³/mol. The third-order valence-corrected chi connectivity index (χ3v) is 10.6. The highest BCUT2D eigenvalue weighted by Crippen LogP contribution is 2.43. The lowest BCUT2D eigenvalue weighted by atomic mass is 9.77. The van der Waals surface area contributed by atoms with Gasteiger partial charge in [-0.2, -0.15) is 4.98 Å². The molecule has 9 nitrogen and oxygen atoms in total. The normalized spacial score (nSPS) is 11.3. The Balaban J connectivity index is 1.12. The number of ether oxygens (including phenoxy) is 2. The largest absolute Gasteiger partial charge is 0.472 e. The first kappa shape index (κ1) is 38.6. The van der Waals surface area contributed by atoms with Gasteiger partial charge in [-0.25, -0.2) is 14.5 Å². The third-order valence-electron chi connectivity index (χ3n) is 10.6. The minimum absolute atomic E-state index is 0.324. The Morgan fingerprint density at radius 2 is 1.22 bits per heavy atom. The van der Waals surface area contributed by atoms with E-state index in [0.29, 0.717) is 30.3 Å². The maximum absolute atomic E-state index is 12.0. The number of esters is 1. The van der Waals surface area contributed by atoms with Crippen LogP contribution in [0.25, 0.3) is 22.5 Å². The number of aromatic nitrogens is 6. The van der Waals surface area contributed by atoms with E-state index >= 15 is 0 Å². The third kappa shape index (κ3) is 7.87. The monoisotopic (exact) mass is 776 g/mol. The number of rotatable bonds is 14. The Bertz CT molecular complexity index is 2550. The molecule has 0 amide bonds. The second kappa shape index (κ2) is 17.5. The van der Waals surface area contributed by atoms with E-state index in [0.717, 1.165) is 74.4 Å². The Kier molecular flexibility index (Phi) is 11.4. The van der Waals surface area contributed by atoms with Crippen molar-refractivity contribution in [1.29, 1.82) is 0 Å². The molecule has 0 bridgehead atoms. The van der Waals surface area contributed by atoms with Gasteiger partial charge in [0, 0.05) is 29.7 Å². The Hall–Kier alpha value is -7.26. The summed E-state index contributed by atoms with van der Waals surface area (Å²) >= 11 is 0. The first-order valence-electron chi connectivity index (χ1n) is 19.8. The molecule has 0 unspecified atom stereocenters. The van der Waals surface area contributed by atoms with Gasteiger partial charge >= 0.3 is 5.97 Å². The van der Waals surface area contributed by atoms with Crippen LogP contribution in [-0.4, -0.2) is 43.3 Å². The standard InChI is InChI=1S/C50H44N6O3/c1-4-16-46-51-35(2)45(33-36-25-31-39(32-26-36)49(57)58-3)48(52-46)59-34-37-27-29-38(30-28-37)43-23-14-15-24-44(43)47-53-54-55-56(47)50(40-17-8-5-9-18-40,41-19-10-6-11-20-41)42-21-12-7-13-22-42/h5-15,17-32H,4,16,33-34H2,1-3H3. The highest BCUT2D eigenvalue weighted by atomic mass is 16.5. The van der Waals surface area contributed by atoms with Crippen LogP contribution < -0.4 is 4.74 Å². The fourth-order valence-electron chi connectivity index (χ4n) is 7.71. The van der Waals surface area contributed by atoms with Crippen molar-refractivity contribution < 1.29 is 14.3 Å². The SMILES string of the molecule is CCCc1nc(C)c(Cc2ccc(C(=O)OC)cc2)c(OCc2ccc(-c3ccccc3-c3nnnn3C(c3ccccc3)(c3ccccc3)c3ccccc3)cc2)n1. The average Bonchev–Trinajstić information content (AvgIpc) is 3.78. The van der Waals surface area contributed by atoms with Crippen LogP contribution in [0.1, 0.15) is 68.6 Å². The van der Waals surface area contributed by atoms with Crippen molar-refractivity contribution in [2.75, 3.05) is 7.11 Å². The van der Waals surface area contributed by atoms with Crippen molar-refractivity contribution in [1.82, 2.24) is 30.2 Å². The first-order chi connectivity index (χ1) is 29.0. The fourth-order valence-corrected chi connectivity index (χ4v) is 7.71. The lowest BCUT2D eigenvalue weighted by molar-refractivity contribution is 0.0600. The van der Waals surface area contributed by atoms with Crippen molar-refractivity contribution >= 4 is 5.97 Å². The Morgan fingerprint density at radius 1 is 0.661 bits per heavy atom. The summed E-state index contributed by atoms with van der Waals surface area (Å²) in [5, 5.41) is 13.8. The predicted octanol–water partition coefficient (Wildman–Crippen LogP) is 9.85. The number of methoxy groups -OCH3 is 1. The lowest BCUT2D eigenvalue weighted by Crippen LogP contribution is -2.39. The summed E-state index contributed by atoms with van der Waals surface area (Å²) in [4.78, 5) is 21.7. The molecule has 8 rings (SSSR count). The molecule has 9 heteroatoms. The van der Waals surface area contributed by atoms with E-state index in [1.807, 2.05) is 54.1 Å². The summed E-state index contributed by atoms with van der Waals surface area (Å²) in [6, 6.07) is 55.3. The second-order valence-corrected chi connectivity index (χ2v) is 14.4. The molecule has 0 fully saturated rings. The Labute approximate surface area is 344 Å². The highest BCUT2D eigenvalue weighted by Gasteiger charge is 2.42. The van der Waals surface area contributed by atoms with Crippen molar-refractivity contribution in [2.24, 2.45) is 0 Å². The van der Waals surface area contributed by atoms with Gasteiger partial charge in [0.25, 0.3) is 0 Å². The van der Waals surface area contributed by atoms with Gasteiger partial charge in [-0.15, -0.1) is 5.10 Å². The smallest absolute Gasteiger partial charge is 0.337 e. The maximum Gasteiger partial charge on any atom is 0.337 e. The molecule has 0 radical (unpaired) electrons. The summed E-state index contributed by atoms with van der Waals surface area (Å²) in [6.45, 7) is 4.44. The average molecular weight is 777 g/mol. The van der Waals surface area contributed by atoms with Crippen molar-refractivity contribution in [2.45, 2.75) is 45.3 Å². The molecule has 292 valence electrons. The van der Waals surface area contributed by atoms with Crippen molar-refractivity contribution in [3.8, 4) is 28.4 Å². The van der Waals surface area contributed by atoms with Gasteiger partial charge in [0.2, 0.25) is 5.88 Å². The van der Waals surface area contributed by atoms with Crippen LogP contribution >= 0.6 is 0 Å². The van der Waals surface area contributed by atoms with E-state index in [4.69, 9.17) is 29.8 Å². The lowest BCUT2D eigenvalue weighted by Gasteiger charge is -2.36. The van der Waals surface area contributed by atoms with E-state index in [9.17, 15) is 4.79 Å². The molecule has 0 N–H and O–H groups in total. The molecule has 0 saturated carbocycles. The zero-order valence-corrected chi connectivity index (χ0v) is 33.3. The van der Waals surface area contributed by atoms with Gasteiger partial charge in [-0.05, 0) is 74.8 Å². The summed E-state index contributed by atoms with van der Waals surface area (Å²) in [5.41, 5.74) is 9.44. The van der Waals surface area contributed by atoms with E-state index in [2.05, 4.69) is 121 Å². The first-order valence-corrected chi connectivity index (χ1v) is 19.8. The van der Waals surface area contributed by atoms with Gasteiger partial charge < -0.3 is 9.47 Å². The van der Waals surface area contributed by atoms with Crippen LogP contribution in [-0.2, 0) is 29.7 Å². The van der Waals surface area contributed by atoms with Crippen LogP contribution in [0, 0.1) is 6.92 Å². The van der Waals surface area contributed by atoms with Gasteiger partial charge in [-0.1, -0.05) is 159 Å². The summed E-state index contributed by atoms with van der Waals surface area (Å²) in [7, 11) is 1.38. The molecule has 0 aliphatic heterocycles. The van der Waals surface area contributed by atoms with Gasteiger partial charge in [0.1, 0.15) is 18.0 Å². The quantitative estimate of drug-likeness (QED) is 0.0794. The number of carbonyl (C=O) groups excluding carboxylic acids is 1. The van der Waals surface area contributed by atoms with Gasteiger partial charge in [0.05, 0.1) is 12.7 Å². The molecule has 8 aromatic rings. The van der Waals surface area contributed by atoms with Gasteiger partial charge in [0.15, 0.2) is 5.82 Å². The number of aryl methyl sites for hydroxylation is 2. The van der Waals surface area contributed by atoms with Gasteiger partial charge in [-0.3, -0.25) is 0 Å². The van der Waals surface area contributed by atoms with Crippen molar-refractivity contribution in [3.05, 3.63) is 214 Å². The van der Waals surface area contributed by atoms with E-state index in [1.54, 1.807) is 12.1 Å². The zero-order valence-electron chi connectivity index (χ0n) is 33.3. The summed E-state index contributed by atoms with van der Waals surface area (Å²) < 4.78 is 13.3. The van der Waals surface area contributed by atoms with Crippen LogP contribution in [0.2, 0.25) is 0 Å². The number of carbonyl (C=O) groups is 1. The fraction of sp³-hybridized carbons (Fsp3) is 0.160. The Morgan fingerprint density at radius 3 is 1.80 bits per heavy atom. The number of tetrazole rings is 1. The van der Waals surface area contributed by atoms with Crippen LogP contribution in [0.5, 0.6) is 5.88 Å². The molecule has 2 heterocycles. The van der Waals surface area contributed by atoms with E-state index in [1.165, 1.54) is 7.11 Å². The molecule has 0 atom stereocenters. The van der Waals surface area contributed by atoms with E-state index in [-0.39, 0.29) is 5.97 Å². The number of benzene rings is 6. The molecule has 2 aromatic heterocycles. The minimum Gasteiger partial charge on any atom is -0.472 e. The molecule has 0 saturated heterocycles. The number of hydrogen-bond donors (Lipinski definition) is 0. The number of nitrogens with zero attached hydrogens (tertiary/aromatic N) is 6. The zero-order chi connectivity index (χ0) is 40.6. The molecule has 59 heavy (non-hydrogen) atoms. The molecule has 0 spiro atoms. The topological polar surface area (TPSA) is 105 Å². The van der Waals surface area contributed by atoms with Crippen molar-refractivity contribution in [3.63, 3.8) is 0 Å². The molecular formula is C50H44N6O3. The highest BCUT2D eigenvalue weighted by molar-refractivity contribution is 5.89. The number of hydrogen-bond acceptors (Lipinski definition) is 8. The molecule has 6 aromatic carbocycles. The molecule has 0 aliphatic rings. The van der Waals surface area contributed by atoms with Crippen LogP contribution in [0.3, 0.4) is 0 Å².